The van der Waals surface area contributed by atoms with Gasteiger partial charge in [0, 0.05) is 44.0 Å². The molecule has 0 atom stereocenters. The largest absolute Gasteiger partial charge is 0.456 e. The summed E-state index contributed by atoms with van der Waals surface area (Å²) in [7, 11) is 0. The molecule has 0 unspecified atom stereocenters. The highest BCUT2D eigenvalue weighted by Gasteiger charge is 2.22. The number of aryl methyl sites for hydroxylation is 1. The summed E-state index contributed by atoms with van der Waals surface area (Å²) in [4.78, 5) is 15.6. The van der Waals surface area contributed by atoms with E-state index in [0.717, 1.165) is 94.3 Å². The van der Waals surface area contributed by atoms with Crippen molar-refractivity contribution in [1.29, 1.82) is 0 Å². The summed E-state index contributed by atoms with van der Waals surface area (Å²) in [5.74, 6) is 2.56. The van der Waals surface area contributed by atoms with Crippen molar-refractivity contribution in [2.45, 2.75) is 6.92 Å². The molecule has 0 spiro atoms. The fourth-order valence-corrected chi connectivity index (χ4v) is 7.66. The Hall–Kier alpha value is -7.63. The monoisotopic (exact) mass is 733 g/mol. The molecule has 57 heavy (non-hydrogen) atoms. The summed E-state index contributed by atoms with van der Waals surface area (Å²) in [6, 6.07) is 56.2. The molecule has 0 aliphatic carbocycles. The van der Waals surface area contributed by atoms with Crippen LogP contribution in [0.1, 0.15) is 11.3 Å². The van der Waals surface area contributed by atoms with E-state index in [1.807, 2.05) is 48.6 Å². The molecule has 0 radical (unpaired) electrons. The van der Waals surface area contributed by atoms with Crippen LogP contribution in [0.25, 0.3) is 107 Å². The molecular formula is C52H35N3O2. The van der Waals surface area contributed by atoms with Crippen molar-refractivity contribution in [2.24, 2.45) is 0 Å². The van der Waals surface area contributed by atoms with Crippen LogP contribution < -0.4 is 0 Å². The number of nitrogens with zero attached hydrogens (tertiary/aromatic N) is 3. The molecule has 10 aromatic rings. The number of rotatable bonds is 8. The van der Waals surface area contributed by atoms with Crippen LogP contribution in [0, 0.1) is 6.92 Å². The third-order valence-electron chi connectivity index (χ3n) is 10.5. The molecule has 3 aromatic heterocycles. The van der Waals surface area contributed by atoms with E-state index in [2.05, 4.69) is 141 Å². The zero-order valence-electron chi connectivity index (χ0n) is 31.2. The molecule has 270 valence electrons. The van der Waals surface area contributed by atoms with E-state index < -0.39 is 0 Å². The summed E-state index contributed by atoms with van der Waals surface area (Å²) < 4.78 is 12.9. The number of benzene rings is 7. The van der Waals surface area contributed by atoms with Crippen molar-refractivity contribution in [3.63, 3.8) is 0 Å². The molecular weight excluding hydrogens is 699 g/mol. The van der Waals surface area contributed by atoms with Crippen LogP contribution in [0.2, 0.25) is 0 Å². The third kappa shape index (κ3) is 6.21. The van der Waals surface area contributed by atoms with E-state index in [0.29, 0.717) is 17.5 Å². The highest BCUT2D eigenvalue weighted by atomic mass is 16.3. The minimum atomic E-state index is 0.563. The molecule has 10 rings (SSSR count). The number of aromatic nitrogens is 3. The smallest absolute Gasteiger partial charge is 0.164 e. The van der Waals surface area contributed by atoms with Crippen molar-refractivity contribution in [2.75, 3.05) is 0 Å². The van der Waals surface area contributed by atoms with E-state index in [-0.39, 0.29) is 0 Å². The van der Waals surface area contributed by atoms with Crippen molar-refractivity contribution < 1.29 is 8.83 Å². The first-order valence-corrected chi connectivity index (χ1v) is 19.0. The van der Waals surface area contributed by atoms with Crippen LogP contribution in [0.5, 0.6) is 0 Å². The Balaban J connectivity index is 1.19. The lowest BCUT2D eigenvalue weighted by Crippen LogP contribution is -2.01. The first kappa shape index (κ1) is 33.9. The van der Waals surface area contributed by atoms with Crippen molar-refractivity contribution in [3.8, 4) is 67.5 Å². The van der Waals surface area contributed by atoms with Gasteiger partial charge in [0.1, 0.15) is 22.5 Å². The molecule has 5 nitrogen and oxygen atoms in total. The summed E-state index contributed by atoms with van der Waals surface area (Å²) in [6.45, 7) is 5.89. The standard InChI is InChI=1S/C52H35N3O2/c1-3-4-24-45-33(2)44-32-38(26-29-47(44)56-45)41-27-28-43(48-42-23-11-12-25-46(42)57-49(41)48)52-54-50(39-21-13-19-36(30-39)34-15-7-5-8-16-34)53-51(55-52)40-22-14-20-37(31-40)35-17-9-6-10-18-35/h3-32H,1H2,2H3/b24-4-. The maximum atomic E-state index is 6.74. The van der Waals surface area contributed by atoms with Gasteiger partial charge in [-0.15, -0.1) is 0 Å². The zero-order chi connectivity index (χ0) is 38.3. The Bertz CT molecular complexity index is 3050. The van der Waals surface area contributed by atoms with Crippen LogP contribution in [-0.2, 0) is 0 Å². The third-order valence-corrected chi connectivity index (χ3v) is 10.5. The predicted octanol–water partition coefficient (Wildman–Crippen LogP) is 14.0. The van der Waals surface area contributed by atoms with E-state index in [1.54, 1.807) is 6.08 Å². The highest BCUT2D eigenvalue weighted by molar-refractivity contribution is 6.16. The zero-order valence-corrected chi connectivity index (χ0v) is 31.2. The van der Waals surface area contributed by atoms with E-state index in [9.17, 15) is 0 Å². The first-order chi connectivity index (χ1) is 28.1. The Labute approximate surface area is 330 Å². The van der Waals surface area contributed by atoms with Gasteiger partial charge >= 0.3 is 0 Å². The molecule has 0 N–H and O–H groups in total. The van der Waals surface area contributed by atoms with Gasteiger partial charge in [0.05, 0.1) is 0 Å². The minimum absolute atomic E-state index is 0.563. The van der Waals surface area contributed by atoms with E-state index >= 15 is 0 Å². The topological polar surface area (TPSA) is 65.0 Å². The average Bonchev–Trinajstić information content (AvgIpc) is 3.83. The Kier molecular flexibility index (Phi) is 8.46. The number of para-hydroxylation sites is 1. The lowest BCUT2D eigenvalue weighted by atomic mass is 9.96. The molecule has 0 aliphatic heterocycles. The van der Waals surface area contributed by atoms with Gasteiger partial charge in [0.15, 0.2) is 17.5 Å². The second kappa shape index (κ2) is 14.2. The fraction of sp³-hybridized carbons (Fsp3) is 0.0192. The summed E-state index contributed by atoms with van der Waals surface area (Å²) in [5.41, 5.74) is 12.5. The quantitative estimate of drug-likeness (QED) is 0.146. The molecule has 0 saturated carbocycles. The van der Waals surface area contributed by atoms with Crippen LogP contribution >= 0.6 is 0 Å². The second-order valence-corrected chi connectivity index (χ2v) is 14.1. The first-order valence-electron chi connectivity index (χ1n) is 19.0. The maximum absolute atomic E-state index is 6.74. The molecule has 0 bridgehead atoms. The van der Waals surface area contributed by atoms with Gasteiger partial charge in [-0.25, -0.2) is 15.0 Å². The van der Waals surface area contributed by atoms with Crippen molar-refractivity contribution in [1.82, 2.24) is 15.0 Å². The number of furan rings is 2. The number of hydrogen-bond acceptors (Lipinski definition) is 5. The Morgan fingerprint density at radius 2 is 1.02 bits per heavy atom. The molecule has 5 heteroatoms. The molecule has 0 aliphatic rings. The lowest BCUT2D eigenvalue weighted by molar-refractivity contribution is 0.601. The lowest BCUT2D eigenvalue weighted by Gasteiger charge is -2.12. The van der Waals surface area contributed by atoms with Gasteiger partial charge in [0.2, 0.25) is 0 Å². The average molecular weight is 734 g/mol. The van der Waals surface area contributed by atoms with Gasteiger partial charge in [0.25, 0.3) is 0 Å². The normalized spacial score (nSPS) is 11.6. The van der Waals surface area contributed by atoms with E-state index in [4.69, 9.17) is 23.8 Å². The SMILES string of the molecule is C=C/C=C\c1oc2ccc(-c3ccc(-c4nc(-c5cccc(-c6ccccc6)c5)nc(-c5cccc(-c6ccccc6)c5)n4)c4c3oc3ccccc34)cc2c1C. The fourth-order valence-electron chi connectivity index (χ4n) is 7.66. The predicted molar refractivity (Wildman–Crippen MR) is 233 cm³/mol. The second-order valence-electron chi connectivity index (χ2n) is 14.1. The molecule has 0 saturated heterocycles. The van der Waals surface area contributed by atoms with E-state index in [1.165, 1.54) is 0 Å². The van der Waals surface area contributed by atoms with Crippen molar-refractivity contribution >= 4 is 39.0 Å². The summed E-state index contributed by atoms with van der Waals surface area (Å²) in [6.07, 6.45) is 5.58. The van der Waals surface area contributed by atoms with Crippen LogP contribution in [0.15, 0.2) is 191 Å². The van der Waals surface area contributed by atoms with Crippen LogP contribution in [-0.4, -0.2) is 15.0 Å². The van der Waals surface area contributed by atoms with Crippen molar-refractivity contribution in [3.05, 3.63) is 194 Å². The molecule has 0 amide bonds. The molecule has 0 fully saturated rings. The Morgan fingerprint density at radius 1 is 0.456 bits per heavy atom. The number of allylic oxidation sites excluding steroid dienone is 2. The van der Waals surface area contributed by atoms with Gasteiger partial charge in [-0.2, -0.15) is 0 Å². The summed E-state index contributed by atoms with van der Waals surface area (Å²) in [5, 5.41) is 2.98. The van der Waals surface area contributed by atoms with Crippen LogP contribution in [0.3, 0.4) is 0 Å². The molecule has 7 aromatic carbocycles. The number of fused-ring (bicyclic) bond motifs is 4. The maximum Gasteiger partial charge on any atom is 0.164 e. The highest BCUT2D eigenvalue weighted by Crippen LogP contribution is 2.43. The van der Waals surface area contributed by atoms with Gasteiger partial charge < -0.3 is 8.83 Å². The van der Waals surface area contributed by atoms with Crippen LogP contribution in [0.4, 0.5) is 0 Å². The van der Waals surface area contributed by atoms with Gasteiger partial charge in [-0.1, -0.05) is 140 Å². The van der Waals surface area contributed by atoms with Gasteiger partial charge in [-0.05, 0) is 83.3 Å². The van der Waals surface area contributed by atoms with Gasteiger partial charge in [-0.3, -0.25) is 0 Å². The number of hydrogen-bond donors (Lipinski definition) is 0. The summed E-state index contributed by atoms with van der Waals surface area (Å²) >= 11 is 0. The Morgan fingerprint density at radius 3 is 1.68 bits per heavy atom. The molecule has 3 heterocycles. The minimum Gasteiger partial charge on any atom is -0.456 e.